The highest BCUT2D eigenvalue weighted by molar-refractivity contribution is 8.00. The summed E-state index contributed by atoms with van der Waals surface area (Å²) in [6, 6.07) is 2.41. The number of hydrogen-bond acceptors (Lipinski definition) is 3. The van der Waals surface area contributed by atoms with Gasteiger partial charge in [0.1, 0.15) is 5.54 Å². The maximum absolute atomic E-state index is 9.04. The molecular weight excluding hydrogens is 168 g/mol. The Labute approximate surface area is 78.7 Å². The van der Waals surface area contributed by atoms with Gasteiger partial charge in [-0.2, -0.15) is 17.0 Å². The molecular formula is C9H16N2S. The van der Waals surface area contributed by atoms with Gasteiger partial charge in [0, 0.05) is 11.0 Å². The lowest BCUT2D eigenvalue weighted by Gasteiger charge is -2.20. The fourth-order valence-electron chi connectivity index (χ4n) is 1.50. The summed E-state index contributed by atoms with van der Waals surface area (Å²) in [4.78, 5) is 0. The van der Waals surface area contributed by atoms with Gasteiger partial charge in [-0.3, -0.25) is 5.32 Å². The fraction of sp³-hybridized carbons (Fsp3) is 0.889. The molecule has 0 saturated carbocycles. The zero-order valence-corrected chi connectivity index (χ0v) is 8.58. The predicted octanol–water partition coefficient (Wildman–Crippen LogP) is 1.77. The molecule has 1 fully saturated rings. The number of nitrogens with one attached hydrogen (secondary N) is 1. The maximum atomic E-state index is 9.04. The third-order valence-corrected chi connectivity index (χ3v) is 3.57. The quantitative estimate of drug-likeness (QED) is 0.726. The molecule has 0 spiro atoms. The Kier molecular flexibility index (Phi) is 3.42. The van der Waals surface area contributed by atoms with Crippen molar-refractivity contribution in [1.82, 2.24) is 5.32 Å². The first-order chi connectivity index (χ1) is 5.72. The van der Waals surface area contributed by atoms with Crippen molar-refractivity contribution in [2.45, 2.75) is 37.5 Å². The summed E-state index contributed by atoms with van der Waals surface area (Å²) < 4.78 is 0. The highest BCUT2D eigenvalue weighted by Gasteiger charge is 2.37. The molecule has 2 nitrogen and oxygen atoms in total. The average molecular weight is 184 g/mol. The van der Waals surface area contributed by atoms with Crippen molar-refractivity contribution in [3.05, 3.63) is 0 Å². The number of hydrogen-bond donors (Lipinski definition) is 1. The van der Waals surface area contributed by atoms with Gasteiger partial charge >= 0.3 is 0 Å². The van der Waals surface area contributed by atoms with Crippen LogP contribution in [0.4, 0.5) is 0 Å². The highest BCUT2D eigenvalue weighted by Crippen LogP contribution is 2.33. The Bertz CT molecular complexity index is 187. The van der Waals surface area contributed by atoms with Gasteiger partial charge in [-0.1, -0.05) is 13.8 Å². The first-order valence-electron chi connectivity index (χ1n) is 4.50. The minimum absolute atomic E-state index is 0.222. The smallest absolute Gasteiger partial charge is 0.116 e. The van der Waals surface area contributed by atoms with E-state index in [0.29, 0.717) is 5.25 Å². The summed E-state index contributed by atoms with van der Waals surface area (Å²) >= 11 is 1.89. The standard InChI is InChI=1S/C9H16N2S/c1-3-4-11-9(6-10)5-8(2)12-7-9/h8,11H,3-5,7H2,1-2H3. The number of nitriles is 1. The Morgan fingerprint density at radius 2 is 2.50 bits per heavy atom. The zero-order chi connectivity index (χ0) is 9.03. The molecule has 0 amide bonds. The van der Waals surface area contributed by atoms with Crippen molar-refractivity contribution >= 4 is 11.8 Å². The van der Waals surface area contributed by atoms with Crippen LogP contribution in [0.15, 0.2) is 0 Å². The van der Waals surface area contributed by atoms with E-state index in [9.17, 15) is 0 Å². The monoisotopic (exact) mass is 184 g/mol. The van der Waals surface area contributed by atoms with Crippen molar-refractivity contribution in [3.8, 4) is 6.07 Å². The van der Waals surface area contributed by atoms with Crippen LogP contribution in [0.1, 0.15) is 26.7 Å². The molecule has 0 radical (unpaired) electrons. The lowest BCUT2D eigenvalue weighted by Crippen LogP contribution is -2.44. The number of rotatable bonds is 3. The summed E-state index contributed by atoms with van der Waals surface area (Å²) in [6.07, 6.45) is 2.09. The second-order valence-electron chi connectivity index (χ2n) is 3.45. The van der Waals surface area contributed by atoms with Crippen LogP contribution in [-0.2, 0) is 0 Å². The van der Waals surface area contributed by atoms with E-state index in [0.717, 1.165) is 25.1 Å². The molecule has 68 valence electrons. The van der Waals surface area contributed by atoms with Gasteiger partial charge in [0.05, 0.1) is 6.07 Å². The van der Waals surface area contributed by atoms with E-state index in [1.807, 2.05) is 11.8 Å². The first-order valence-corrected chi connectivity index (χ1v) is 5.55. The molecule has 2 atom stereocenters. The van der Waals surface area contributed by atoms with Gasteiger partial charge in [0.2, 0.25) is 0 Å². The van der Waals surface area contributed by atoms with Crippen LogP contribution >= 0.6 is 11.8 Å². The summed E-state index contributed by atoms with van der Waals surface area (Å²) in [5, 5.41) is 13.0. The molecule has 0 aromatic heterocycles. The molecule has 1 saturated heterocycles. The Balaban J connectivity index is 2.48. The van der Waals surface area contributed by atoms with E-state index in [-0.39, 0.29) is 5.54 Å². The van der Waals surface area contributed by atoms with E-state index >= 15 is 0 Å². The van der Waals surface area contributed by atoms with Crippen molar-refractivity contribution in [2.75, 3.05) is 12.3 Å². The van der Waals surface area contributed by atoms with Gasteiger partial charge < -0.3 is 0 Å². The van der Waals surface area contributed by atoms with Crippen LogP contribution < -0.4 is 5.32 Å². The SMILES string of the molecule is CCCNC1(C#N)CSC(C)C1. The van der Waals surface area contributed by atoms with Gasteiger partial charge in [0.15, 0.2) is 0 Å². The zero-order valence-electron chi connectivity index (χ0n) is 7.76. The largest absolute Gasteiger partial charge is 0.299 e. The Morgan fingerprint density at radius 1 is 1.75 bits per heavy atom. The van der Waals surface area contributed by atoms with E-state index in [1.165, 1.54) is 0 Å². The molecule has 0 aromatic carbocycles. The van der Waals surface area contributed by atoms with E-state index < -0.39 is 0 Å². The topological polar surface area (TPSA) is 35.8 Å². The van der Waals surface area contributed by atoms with E-state index in [2.05, 4.69) is 25.2 Å². The van der Waals surface area contributed by atoms with Crippen LogP contribution in [0, 0.1) is 11.3 Å². The Hall–Kier alpha value is -0.200. The second-order valence-corrected chi connectivity index (χ2v) is 4.87. The van der Waals surface area contributed by atoms with Gasteiger partial charge in [-0.25, -0.2) is 0 Å². The third-order valence-electron chi connectivity index (χ3n) is 2.18. The molecule has 1 aliphatic rings. The molecule has 0 aromatic rings. The normalized spacial score (nSPS) is 34.9. The van der Waals surface area contributed by atoms with E-state index in [4.69, 9.17) is 5.26 Å². The second kappa shape index (κ2) is 4.15. The van der Waals surface area contributed by atoms with E-state index in [1.54, 1.807) is 0 Å². The van der Waals surface area contributed by atoms with Crippen LogP contribution in [-0.4, -0.2) is 23.1 Å². The predicted molar refractivity (Wildman–Crippen MR) is 53.2 cm³/mol. The van der Waals surface area contributed by atoms with Crippen LogP contribution in [0.3, 0.4) is 0 Å². The van der Waals surface area contributed by atoms with Crippen LogP contribution in [0.25, 0.3) is 0 Å². The van der Waals surface area contributed by atoms with Gasteiger partial charge in [0.25, 0.3) is 0 Å². The first kappa shape index (κ1) is 9.88. The fourth-order valence-corrected chi connectivity index (χ4v) is 2.75. The molecule has 0 aliphatic carbocycles. The highest BCUT2D eigenvalue weighted by atomic mass is 32.2. The molecule has 1 N–H and O–H groups in total. The van der Waals surface area contributed by atoms with Gasteiger partial charge in [-0.15, -0.1) is 0 Å². The summed E-state index contributed by atoms with van der Waals surface area (Å²) in [7, 11) is 0. The lowest BCUT2D eigenvalue weighted by atomic mass is 9.98. The molecule has 2 unspecified atom stereocenters. The molecule has 1 aliphatic heterocycles. The molecule has 1 rings (SSSR count). The summed E-state index contributed by atoms with van der Waals surface area (Å²) in [5.74, 6) is 0.949. The van der Waals surface area contributed by atoms with Crippen molar-refractivity contribution in [1.29, 1.82) is 5.26 Å². The number of nitrogens with zero attached hydrogens (tertiary/aromatic N) is 1. The molecule has 12 heavy (non-hydrogen) atoms. The Morgan fingerprint density at radius 3 is 2.92 bits per heavy atom. The molecule has 1 heterocycles. The minimum atomic E-state index is -0.222. The lowest BCUT2D eigenvalue weighted by molar-refractivity contribution is 0.442. The number of thioether (sulfide) groups is 1. The maximum Gasteiger partial charge on any atom is 0.116 e. The van der Waals surface area contributed by atoms with Gasteiger partial charge in [-0.05, 0) is 19.4 Å². The van der Waals surface area contributed by atoms with Crippen molar-refractivity contribution in [3.63, 3.8) is 0 Å². The third kappa shape index (κ3) is 2.15. The average Bonchev–Trinajstić information content (AvgIpc) is 2.45. The summed E-state index contributed by atoms with van der Waals surface area (Å²) in [5.41, 5.74) is -0.222. The van der Waals surface area contributed by atoms with Crippen LogP contribution in [0.2, 0.25) is 0 Å². The van der Waals surface area contributed by atoms with Crippen molar-refractivity contribution < 1.29 is 0 Å². The molecule has 0 bridgehead atoms. The molecule has 3 heteroatoms. The van der Waals surface area contributed by atoms with Crippen molar-refractivity contribution in [2.24, 2.45) is 0 Å². The minimum Gasteiger partial charge on any atom is -0.299 e. The van der Waals surface area contributed by atoms with Crippen LogP contribution in [0.5, 0.6) is 0 Å². The summed E-state index contributed by atoms with van der Waals surface area (Å²) in [6.45, 7) is 5.28.